The van der Waals surface area contributed by atoms with Crippen LogP contribution < -0.4 is 20.1 Å². The predicted molar refractivity (Wildman–Crippen MR) is 98.0 cm³/mol. The minimum absolute atomic E-state index is 0. The number of guanidine groups is 1. The van der Waals surface area contributed by atoms with Gasteiger partial charge in [-0.05, 0) is 12.0 Å². The highest BCUT2D eigenvalue weighted by Gasteiger charge is 2.09. The lowest BCUT2D eigenvalue weighted by molar-refractivity contribution is 0.351. The van der Waals surface area contributed by atoms with Crippen LogP contribution in [0.25, 0.3) is 0 Å². The number of hydrogen-bond acceptors (Lipinski definition) is 3. The standard InChI is InChI=1S/C15H25N3O2.HI/c1-11(2)9-17-15(16-3)18-10-12-7-6-8-13(19-4)14(12)20-5;/h6-8,11H,9-10H2,1-5H3,(H2,16,17,18);1H. The molecule has 0 heterocycles. The van der Waals surface area contributed by atoms with Gasteiger partial charge in [-0.25, -0.2) is 0 Å². The molecule has 0 aliphatic heterocycles. The first-order chi connectivity index (χ1) is 9.62. The monoisotopic (exact) mass is 407 g/mol. The summed E-state index contributed by atoms with van der Waals surface area (Å²) in [6, 6.07) is 5.83. The third-order valence-corrected chi connectivity index (χ3v) is 2.83. The molecule has 0 saturated carbocycles. The zero-order chi connectivity index (χ0) is 15.0. The van der Waals surface area contributed by atoms with Crippen LogP contribution >= 0.6 is 24.0 Å². The average Bonchev–Trinajstić information content (AvgIpc) is 2.46. The van der Waals surface area contributed by atoms with Crippen molar-refractivity contribution in [1.29, 1.82) is 0 Å². The molecule has 0 aromatic heterocycles. The number of hydrogen-bond donors (Lipinski definition) is 2. The van der Waals surface area contributed by atoms with E-state index in [0.29, 0.717) is 12.5 Å². The molecule has 0 saturated heterocycles. The number of halogens is 1. The predicted octanol–water partition coefficient (Wildman–Crippen LogP) is 2.64. The summed E-state index contributed by atoms with van der Waals surface area (Å²) in [4.78, 5) is 4.20. The van der Waals surface area contributed by atoms with Gasteiger partial charge in [0.25, 0.3) is 0 Å². The van der Waals surface area contributed by atoms with Crippen LogP contribution in [0.2, 0.25) is 0 Å². The van der Waals surface area contributed by atoms with Crippen molar-refractivity contribution in [3.8, 4) is 11.5 Å². The van der Waals surface area contributed by atoms with Crippen molar-refractivity contribution in [2.24, 2.45) is 10.9 Å². The van der Waals surface area contributed by atoms with E-state index >= 15 is 0 Å². The maximum absolute atomic E-state index is 5.41. The Kier molecular flexibility index (Phi) is 9.94. The first kappa shape index (κ1) is 19.8. The molecule has 120 valence electrons. The summed E-state index contributed by atoms with van der Waals surface area (Å²) in [6.45, 7) is 5.82. The average molecular weight is 407 g/mol. The lowest BCUT2D eigenvalue weighted by Gasteiger charge is -2.16. The van der Waals surface area contributed by atoms with Crippen LogP contribution in [0, 0.1) is 5.92 Å². The molecule has 0 spiro atoms. The van der Waals surface area contributed by atoms with Crippen molar-refractivity contribution in [3.05, 3.63) is 23.8 Å². The second kappa shape index (κ2) is 10.5. The Morgan fingerprint density at radius 2 is 1.90 bits per heavy atom. The molecule has 5 nitrogen and oxygen atoms in total. The van der Waals surface area contributed by atoms with Crippen molar-refractivity contribution in [3.63, 3.8) is 0 Å². The van der Waals surface area contributed by atoms with Crippen LogP contribution in [-0.4, -0.2) is 33.8 Å². The molecule has 0 atom stereocenters. The number of aliphatic imine (C=N–C) groups is 1. The third kappa shape index (κ3) is 6.41. The molecule has 1 rings (SSSR count). The van der Waals surface area contributed by atoms with Gasteiger partial charge in [0.1, 0.15) is 0 Å². The summed E-state index contributed by atoms with van der Waals surface area (Å²) in [5.74, 6) is 2.84. The summed E-state index contributed by atoms with van der Waals surface area (Å²) in [5, 5.41) is 6.54. The van der Waals surface area contributed by atoms with Gasteiger partial charge in [0.15, 0.2) is 17.5 Å². The van der Waals surface area contributed by atoms with E-state index in [1.54, 1.807) is 21.3 Å². The summed E-state index contributed by atoms with van der Waals surface area (Å²) in [7, 11) is 5.05. The Balaban J connectivity index is 0.00000400. The van der Waals surface area contributed by atoms with Gasteiger partial charge in [-0.2, -0.15) is 0 Å². The van der Waals surface area contributed by atoms with Crippen molar-refractivity contribution in [2.75, 3.05) is 27.8 Å². The van der Waals surface area contributed by atoms with Gasteiger partial charge in [0.2, 0.25) is 0 Å². The molecular weight excluding hydrogens is 381 g/mol. The molecule has 0 aliphatic rings. The van der Waals surface area contributed by atoms with Crippen LogP contribution in [-0.2, 0) is 6.54 Å². The zero-order valence-electron chi connectivity index (χ0n) is 13.4. The number of benzene rings is 1. The molecule has 1 aromatic rings. The fourth-order valence-corrected chi connectivity index (χ4v) is 1.79. The second-order valence-corrected chi connectivity index (χ2v) is 4.85. The molecule has 21 heavy (non-hydrogen) atoms. The fraction of sp³-hybridized carbons (Fsp3) is 0.533. The van der Waals surface area contributed by atoms with Crippen LogP contribution in [0.5, 0.6) is 11.5 Å². The van der Waals surface area contributed by atoms with E-state index in [4.69, 9.17) is 9.47 Å². The Labute approximate surface area is 144 Å². The van der Waals surface area contributed by atoms with Gasteiger partial charge in [-0.3, -0.25) is 4.99 Å². The highest BCUT2D eigenvalue weighted by Crippen LogP contribution is 2.30. The lowest BCUT2D eigenvalue weighted by Crippen LogP contribution is -2.38. The van der Waals surface area contributed by atoms with Gasteiger partial charge in [-0.15, -0.1) is 24.0 Å². The molecule has 6 heteroatoms. The quantitative estimate of drug-likeness (QED) is 0.433. The molecule has 0 bridgehead atoms. The van der Waals surface area contributed by atoms with Crippen molar-refractivity contribution in [1.82, 2.24) is 10.6 Å². The highest BCUT2D eigenvalue weighted by atomic mass is 127. The Bertz CT molecular complexity index is 451. The highest BCUT2D eigenvalue weighted by molar-refractivity contribution is 14.0. The number of nitrogens with zero attached hydrogens (tertiary/aromatic N) is 1. The lowest BCUT2D eigenvalue weighted by atomic mass is 10.2. The van der Waals surface area contributed by atoms with Gasteiger partial charge in [0, 0.05) is 25.7 Å². The SMILES string of the molecule is CN=C(NCc1cccc(OC)c1OC)NCC(C)C.I. The Morgan fingerprint density at radius 3 is 2.43 bits per heavy atom. The molecule has 1 aromatic carbocycles. The van der Waals surface area contributed by atoms with E-state index in [9.17, 15) is 0 Å². The summed E-state index contributed by atoms with van der Waals surface area (Å²) in [5.41, 5.74) is 1.03. The van der Waals surface area contributed by atoms with Crippen molar-refractivity contribution >= 4 is 29.9 Å². The van der Waals surface area contributed by atoms with Gasteiger partial charge in [0.05, 0.1) is 14.2 Å². The van der Waals surface area contributed by atoms with E-state index in [1.807, 2.05) is 18.2 Å². The molecule has 2 N–H and O–H groups in total. The normalized spacial score (nSPS) is 10.9. The topological polar surface area (TPSA) is 54.9 Å². The number of rotatable bonds is 6. The minimum Gasteiger partial charge on any atom is -0.493 e. The molecular formula is C15H26IN3O2. The summed E-state index contributed by atoms with van der Waals surface area (Å²) >= 11 is 0. The Morgan fingerprint density at radius 1 is 1.19 bits per heavy atom. The first-order valence-corrected chi connectivity index (χ1v) is 6.76. The fourth-order valence-electron chi connectivity index (χ4n) is 1.79. The molecule has 0 amide bonds. The van der Waals surface area contributed by atoms with E-state index in [0.717, 1.165) is 29.6 Å². The van der Waals surface area contributed by atoms with Crippen molar-refractivity contribution in [2.45, 2.75) is 20.4 Å². The number of para-hydroxylation sites is 1. The van der Waals surface area contributed by atoms with Crippen LogP contribution in [0.3, 0.4) is 0 Å². The molecule has 0 fully saturated rings. The van der Waals surface area contributed by atoms with E-state index < -0.39 is 0 Å². The maximum atomic E-state index is 5.41. The van der Waals surface area contributed by atoms with Crippen LogP contribution in [0.1, 0.15) is 19.4 Å². The van der Waals surface area contributed by atoms with E-state index in [2.05, 4.69) is 29.5 Å². The van der Waals surface area contributed by atoms with Gasteiger partial charge >= 0.3 is 0 Å². The van der Waals surface area contributed by atoms with Gasteiger partial charge in [-0.1, -0.05) is 26.0 Å². The molecule has 0 radical (unpaired) electrons. The number of ether oxygens (including phenoxy) is 2. The largest absolute Gasteiger partial charge is 0.493 e. The zero-order valence-corrected chi connectivity index (χ0v) is 15.7. The summed E-state index contributed by atoms with van der Waals surface area (Å²) < 4.78 is 10.7. The van der Waals surface area contributed by atoms with E-state index in [1.165, 1.54) is 0 Å². The van der Waals surface area contributed by atoms with E-state index in [-0.39, 0.29) is 24.0 Å². The minimum atomic E-state index is 0. The number of methoxy groups -OCH3 is 2. The number of nitrogens with one attached hydrogen (secondary N) is 2. The smallest absolute Gasteiger partial charge is 0.191 e. The Hall–Kier alpha value is -1.18. The maximum Gasteiger partial charge on any atom is 0.191 e. The molecule has 0 unspecified atom stereocenters. The third-order valence-electron chi connectivity index (χ3n) is 2.83. The van der Waals surface area contributed by atoms with Crippen LogP contribution in [0.15, 0.2) is 23.2 Å². The van der Waals surface area contributed by atoms with Crippen molar-refractivity contribution < 1.29 is 9.47 Å². The van der Waals surface area contributed by atoms with Crippen LogP contribution in [0.4, 0.5) is 0 Å². The van der Waals surface area contributed by atoms with Gasteiger partial charge < -0.3 is 20.1 Å². The second-order valence-electron chi connectivity index (χ2n) is 4.85. The first-order valence-electron chi connectivity index (χ1n) is 6.76. The summed E-state index contributed by atoms with van der Waals surface area (Å²) in [6.07, 6.45) is 0. The molecule has 0 aliphatic carbocycles.